The second kappa shape index (κ2) is 7.57. The molecule has 6 nitrogen and oxygen atoms in total. The van der Waals surface area contributed by atoms with Gasteiger partial charge in [0.15, 0.2) is 0 Å². The van der Waals surface area contributed by atoms with E-state index in [0.717, 1.165) is 16.5 Å². The van der Waals surface area contributed by atoms with Gasteiger partial charge in [0.05, 0.1) is 16.8 Å². The molecule has 0 aliphatic rings. The number of anilines is 1. The zero-order valence-electron chi connectivity index (χ0n) is 17.2. The number of nitrogens with zero attached hydrogens (tertiary/aromatic N) is 1. The van der Waals surface area contributed by atoms with E-state index < -0.39 is 15.6 Å². The molecule has 2 aromatic carbocycles. The van der Waals surface area contributed by atoms with Gasteiger partial charge in [0.25, 0.3) is 5.91 Å². The van der Waals surface area contributed by atoms with Gasteiger partial charge in [-0.3, -0.25) is 9.78 Å². The predicted octanol–water partition coefficient (Wildman–Crippen LogP) is 4.18. The number of para-hydroxylation sites is 1. The van der Waals surface area contributed by atoms with Crippen LogP contribution in [0.15, 0.2) is 53.4 Å². The maximum atomic E-state index is 13.1. The Morgan fingerprint density at radius 1 is 1.00 bits per heavy atom. The van der Waals surface area contributed by atoms with Gasteiger partial charge >= 0.3 is 0 Å². The highest BCUT2D eigenvalue weighted by Crippen LogP contribution is 2.25. The number of carbonyl (C=O) groups is 1. The van der Waals surface area contributed by atoms with Crippen molar-refractivity contribution in [2.75, 3.05) is 5.32 Å². The van der Waals surface area contributed by atoms with E-state index in [1.165, 1.54) is 6.07 Å². The van der Waals surface area contributed by atoms with Crippen LogP contribution in [-0.2, 0) is 10.0 Å². The second-order valence-electron chi connectivity index (χ2n) is 8.14. The zero-order valence-corrected chi connectivity index (χ0v) is 18.0. The van der Waals surface area contributed by atoms with Gasteiger partial charge in [-0.1, -0.05) is 23.8 Å². The van der Waals surface area contributed by atoms with Gasteiger partial charge in [-0.05, 0) is 65.0 Å². The van der Waals surface area contributed by atoms with Crippen LogP contribution in [0.2, 0.25) is 0 Å². The number of aromatic nitrogens is 1. The van der Waals surface area contributed by atoms with Crippen LogP contribution in [0, 0.1) is 13.8 Å². The third kappa shape index (κ3) is 4.81. The molecule has 29 heavy (non-hydrogen) atoms. The first-order valence-corrected chi connectivity index (χ1v) is 10.8. The van der Waals surface area contributed by atoms with Gasteiger partial charge in [-0.2, -0.15) is 0 Å². The Hall–Kier alpha value is -2.77. The van der Waals surface area contributed by atoms with E-state index >= 15 is 0 Å². The van der Waals surface area contributed by atoms with Crippen molar-refractivity contribution in [2.24, 2.45) is 0 Å². The van der Waals surface area contributed by atoms with Crippen molar-refractivity contribution in [3.05, 3.63) is 65.4 Å². The molecule has 0 bridgehead atoms. The second-order valence-corrected chi connectivity index (χ2v) is 9.79. The third-order valence-electron chi connectivity index (χ3n) is 4.20. The maximum Gasteiger partial charge on any atom is 0.256 e. The number of benzene rings is 2. The van der Waals surface area contributed by atoms with Gasteiger partial charge in [-0.25, -0.2) is 13.1 Å². The molecule has 1 heterocycles. The molecule has 0 aliphatic carbocycles. The summed E-state index contributed by atoms with van der Waals surface area (Å²) >= 11 is 0. The van der Waals surface area contributed by atoms with E-state index in [-0.39, 0.29) is 16.5 Å². The van der Waals surface area contributed by atoms with Crippen molar-refractivity contribution in [1.29, 1.82) is 0 Å². The highest BCUT2D eigenvalue weighted by Gasteiger charge is 2.25. The van der Waals surface area contributed by atoms with Crippen LogP contribution >= 0.6 is 0 Å². The van der Waals surface area contributed by atoms with Crippen LogP contribution in [0.4, 0.5) is 5.69 Å². The van der Waals surface area contributed by atoms with Crippen molar-refractivity contribution in [3.8, 4) is 0 Å². The summed E-state index contributed by atoms with van der Waals surface area (Å²) in [6, 6.07) is 13.8. The van der Waals surface area contributed by atoms with Gasteiger partial charge in [0, 0.05) is 16.6 Å². The number of sulfonamides is 1. The lowest BCUT2D eigenvalue weighted by atomic mass is 10.0. The number of hydrogen-bond acceptors (Lipinski definition) is 4. The molecule has 0 saturated heterocycles. The fraction of sp³-hybridized carbons (Fsp3) is 0.273. The molecule has 0 unspecified atom stereocenters. The fourth-order valence-corrected chi connectivity index (χ4v) is 4.69. The number of rotatable bonds is 4. The molecule has 0 fully saturated rings. The molecule has 0 saturated carbocycles. The molecule has 0 spiro atoms. The lowest BCUT2D eigenvalue weighted by Crippen LogP contribution is -2.40. The average molecular weight is 412 g/mol. The Kier molecular flexibility index (Phi) is 5.47. The molecule has 3 rings (SSSR count). The standard InChI is InChI=1S/C22H25N3O3S/c1-14-10-11-18-16(12-14)17(13-15(2)23-18)21(26)24-19-8-6-7-9-20(19)29(27,28)25-22(3,4)5/h6-13,25H,1-5H3,(H,24,26). The van der Waals surface area contributed by atoms with Crippen molar-refractivity contribution < 1.29 is 13.2 Å². The summed E-state index contributed by atoms with van der Waals surface area (Å²) < 4.78 is 28.3. The maximum absolute atomic E-state index is 13.1. The minimum Gasteiger partial charge on any atom is -0.321 e. The van der Waals surface area contributed by atoms with Gasteiger partial charge < -0.3 is 5.32 Å². The Labute approximate surface area is 171 Å². The first kappa shape index (κ1) is 21.0. The zero-order chi connectivity index (χ0) is 21.4. The molecule has 0 atom stereocenters. The van der Waals surface area contributed by atoms with E-state index in [9.17, 15) is 13.2 Å². The Balaban J connectivity index is 2.04. The molecule has 152 valence electrons. The summed E-state index contributed by atoms with van der Waals surface area (Å²) in [5, 5.41) is 3.50. The number of pyridine rings is 1. The molecular weight excluding hydrogens is 386 g/mol. The van der Waals surface area contributed by atoms with Gasteiger partial charge in [0.1, 0.15) is 4.90 Å². The summed E-state index contributed by atoms with van der Waals surface area (Å²) in [6.45, 7) is 9.06. The van der Waals surface area contributed by atoms with Crippen LogP contribution in [0.1, 0.15) is 42.4 Å². The summed E-state index contributed by atoms with van der Waals surface area (Å²) in [6.07, 6.45) is 0. The first-order valence-electron chi connectivity index (χ1n) is 9.29. The Morgan fingerprint density at radius 2 is 1.69 bits per heavy atom. The number of nitrogens with one attached hydrogen (secondary N) is 2. The number of aryl methyl sites for hydroxylation is 2. The number of amides is 1. The lowest BCUT2D eigenvalue weighted by molar-refractivity contribution is 0.102. The lowest BCUT2D eigenvalue weighted by Gasteiger charge is -2.21. The van der Waals surface area contributed by atoms with Crippen molar-refractivity contribution >= 4 is 32.5 Å². The molecule has 1 aromatic heterocycles. The molecule has 0 aliphatic heterocycles. The fourth-order valence-electron chi connectivity index (χ4n) is 3.11. The monoisotopic (exact) mass is 411 g/mol. The molecule has 3 aromatic rings. The van der Waals surface area contributed by atoms with Crippen LogP contribution in [-0.4, -0.2) is 24.8 Å². The van der Waals surface area contributed by atoms with Crippen LogP contribution in [0.5, 0.6) is 0 Å². The highest BCUT2D eigenvalue weighted by atomic mass is 32.2. The van der Waals surface area contributed by atoms with E-state index in [2.05, 4.69) is 15.0 Å². The van der Waals surface area contributed by atoms with Gasteiger partial charge in [-0.15, -0.1) is 0 Å². The van der Waals surface area contributed by atoms with Crippen LogP contribution in [0.3, 0.4) is 0 Å². The van der Waals surface area contributed by atoms with Crippen molar-refractivity contribution in [2.45, 2.75) is 45.1 Å². The summed E-state index contributed by atoms with van der Waals surface area (Å²) in [7, 11) is -3.81. The van der Waals surface area contributed by atoms with E-state index in [0.29, 0.717) is 11.3 Å². The minimum atomic E-state index is -3.81. The molecular formula is C22H25N3O3S. The van der Waals surface area contributed by atoms with E-state index in [1.54, 1.807) is 45.0 Å². The van der Waals surface area contributed by atoms with E-state index in [1.807, 2.05) is 32.0 Å². The average Bonchev–Trinajstić information content (AvgIpc) is 2.59. The first-order chi connectivity index (χ1) is 13.5. The van der Waals surface area contributed by atoms with E-state index in [4.69, 9.17) is 0 Å². The quantitative estimate of drug-likeness (QED) is 0.674. The number of fused-ring (bicyclic) bond motifs is 1. The molecule has 2 N–H and O–H groups in total. The largest absolute Gasteiger partial charge is 0.321 e. The van der Waals surface area contributed by atoms with Gasteiger partial charge in [0.2, 0.25) is 10.0 Å². The highest BCUT2D eigenvalue weighted by molar-refractivity contribution is 7.89. The van der Waals surface area contributed by atoms with Crippen LogP contribution in [0.25, 0.3) is 10.9 Å². The normalized spacial score (nSPS) is 12.2. The predicted molar refractivity (Wildman–Crippen MR) is 116 cm³/mol. The smallest absolute Gasteiger partial charge is 0.256 e. The topological polar surface area (TPSA) is 88.2 Å². The van der Waals surface area contributed by atoms with Crippen molar-refractivity contribution in [3.63, 3.8) is 0 Å². The molecule has 7 heteroatoms. The SMILES string of the molecule is Cc1ccc2nc(C)cc(C(=O)Nc3ccccc3S(=O)(=O)NC(C)(C)C)c2c1. The summed E-state index contributed by atoms with van der Waals surface area (Å²) in [4.78, 5) is 17.6. The number of hydrogen-bond donors (Lipinski definition) is 2. The molecule has 1 amide bonds. The number of carbonyl (C=O) groups excluding carboxylic acids is 1. The minimum absolute atomic E-state index is 0.0227. The summed E-state index contributed by atoms with van der Waals surface area (Å²) in [5.74, 6) is -0.385. The summed E-state index contributed by atoms with van der Waals surface area (Å²) in [5.41, 5.74) is 2.47. The van der Waals surface area contributed by atoms with Crippen LogP contribution < -0.4 is 10.0 Å². The van der Waals surface area contributed by atoms with Crippen molar-refractivity contribution in [1.82, 2.24) is 9.71 Å². The molecule has 0 radical (unpaired) electrons. The Bertz CT molecular complexity index is 1200. The third-order valence-corrected chi connectivity index (χ3v) is 6.02. The Morgan fingerprint density at radius 3 is 2.38 bits per heavy atom.